The molecule has 4 rings (SSSR count). The third kappa shape index (κ3) is 2.88. The van der Waals surface area contributed by atoms with E-state index in [4.69, 9.17) is 0 Å². The number of rotatable bonds is 4. The standard InChI is InChI=1S/C23H19N3O/c1-2-11-22(26-21-17-10-9-16-20(21)24-25-26)23(27,18-12-5-3-6-13-18)19-14-7-4-8-15-19/h3-10,12-17,22,27H,1H3. The summed E-state index contributed by atoms with van der Waals surface area (Å²) in [5.74, 6) is 6.14. The summed E-state index contributed by atoms with van der Waals surface area (Å²) in [5.41, 5.74) is 1.72. The summed E-state index contributed by atoms with van der Waals surface area (Å²) in [5, 5.41) is 20.7. The lowest BCUT2D eigenvalue weighted by molar-refractivity contribution is 0.0413. The van der Waals surface area contributed by atoms with Gasteiger partial charge in [-0.25, -0.2) is 4.68 Å². The highest BCUT2D eigenvalue weighted by molar-refractivity contribution is 5.74. The number of hydrogen-bond acceptors (Lipinski definition) is 3. The third-order valence-corrected chi connectivity index (χ3v) is 4.73. The van der Waals surface area contributed by atoms with E-state index in [0.29, 0.717) is 0 Å². The molecule has 4 heteroatoms. The van der Waals surface area contributed by atoms with Gasteiger partial charge in [0.25, 0.3) is 0 Å². The molecule has 27 heavy (non-hydrogen) atoms. The number of hydrogen-bond donors (Lipinski definition) is 1. The Morgan fingerprint density at radius 2 is 1.41 bits per heavy atom. The van der Waals surface area contributed by atoms with Crippen molar-refractivity contribution in [1.82, 2.24) is 15.0 Å². The third-order valence-electron chi connectivity index (χ3n) is 4.73. The predicted molar refractivity (Wildman–Crippen MR) is 106 cm³/mol. The van der Waals surface area contributed by atoms with E-state index in [0.717, 1.165) is 22.2 Å². The normalized spacial score (nSPS) is 12.4. The zero-order valence-corrected chi connectivity index (χ0v) is 14.9. The van der Waals surface area contributed by atoms with E-state index in [1.165, 1.54) is 0 Å². The molecule has 132 valence electrons. The van der Waals surface area contributed by atoms with Crippen molar-refractivity contribution >= 4 is 11.0 Å². The van der Waals surface area contributed by atoms with E-state index in [1.54, 1.807) is 11.6 Å². The Morgan fingerprint density at radius 3 is 2.00 bits per heavy atom. The van der Waals surface area contributed by atoms with Gasteiger partial charge in [-0.3, -0.25) is 0 Å². The molecule has 1 aromatic heterocycles. The SMILES string of the molecule is CC#CC(n1nnc2ccccc21)C(O)(c1ccccc1)c1ccccc1. The molecule has 1 N–H and O–H groups in total. The van der Waals surface area contributed by atoms with Crippen LogP contribution in [0.25, 0.3) is 11.0 Å². The van der Waals surface area contributed by atoms with Gasteiger partial charge in [0.2, 0.25) is 0 Å². The first kappa shape index (κ1) is 17.0. The van der Waals surface area contributed by atoms with Crippen molar-refractivity contribution in [3.63, 3.8) is 0 Å². The fourth-order valence-electron chi connectivity index (χ4n) is 3.42. The maximum Gasteiger partial charge on any atom is 0.152 e. The lowest BCUT2D eigenvalue weighted by atomic mass is 9.80. The van der Waals surface area contributed by atoms with Gasteiger partial charge in [-0.2, -0.15) is 0 Å². The molecular formula is C23H19N3O. The Morgan fingerprint density at radius 1 is 0.852 bits per heavy atom. The van der Waals surface area contributed by atoms with Gasteiger partial charge in [0.1, 0.15) is 11.1 Å². The van der Waals surface area contributed by atoms with Gasteiger partial charge in [-0.1, -0.05) is 83.9 Å². The number of aromatic nitrogens is 3. The van der Waals surface area contributed by atoms with Crippen LogP contribution in [0.2, 0.25) is 0 Å². The Labute approximate surface area is 158 Å². The Bertz CT molecular complexity index is 1070. The lowest BCUT2D eigenvalue weighted by Gasteiger charge is -2.34. The molecule has 0 amide bonds. The second-order valence-electron chi connectivity index (χ2n) is 6.32. The molecule has 0 fully saturated rings. The van der Waals surface area contributed by atoms with Gasteiger partial charge in [-0.05, 0) is 30.2 Å². The van der Waals surface area contributed by atoms with E-state index < -0.39 is 11.6 Å². The van der Waals surface area contributed by atoms with Crippen LogP contribution >= 0.6 is 0 Å². The highest BCUT2D eigenvalue weighted by Gasteiger charge is 2.42. The highest BCUT2D eigenvalue weighted by atomic mass is 16.3. The Balaban J connectivity index is 2.00. The monoisotopic (exact) mass is 353 g/mol. The summed E-state index contributed by atoms with van der Waals surface area (Å²) in [4.78, 5) is 0. The number of nitrogens with zero attached hydrogens (tertiary/aromatic N) is 3. The van der Waals surface area contributed by atoms with Crippen molar-refractivity contribution < 1.29 is 5.11 Å². The molecule has 4 aromatic rings. The molecule has 0 aliphatic heterocycles. The molecule has 0 aliphatic rings. The molecule has 0 bridgehead atoms. The van der Waals surface area contributed by atoms with Gasteiger partial charge >= 0.3 is 0 Å². The molecule has 4 nitrogen and oxygen atoms in total. The second kappa shape index (κ2) is 7.06. The maximum atomic E-state index is 12.1. The number of benzene rings is 3. The number of fused-ring (bicyclic) bond motifs is 1. The molecule has 1 unspecified atom stereocenters. The fourth-order valence-corrected chi connectivity index (χ4v) is 3.42. The molecule has 3 aromatic carbocycles. The quantitative estimate of drug-likeness (QED) is 0.566. The first-order valence-electron chi connectivity index (χ1n) is 8.81. The summed E-state index contributed by atoms with van der Waals surface area (Å²) >= 11 is 0. The summed E-state index contributed by atoms with van der Waals surface area (Å²) in [7, 11) is 0. The molecule has 0 radical (unpaired) electrons. The van der Waals surface area contributed by atoms with Crippen molar-refractivity contribution in [3.05, 3.63) is 96.1 Å². The number of para-hydroxylation sites is 1. The van der Waals surface area contributed by atoms with Gasteiger partial charge in [-0.15, -0.1) is 11.0 Å². The molecule has 1 heterocycles. The topological polar surface area (TPSA) is 50.9 Å². The van der Waals surface area contributed by atoms with Gasteiger partial charge in [0, 0.05) is 0 Å². The molecule has 0 saturated heterocycles. The first-order chi connectivity index (χ1) is 13.2. The zero-order chi connectivity index (χ0) is 18.7. The van der Waals surface area contributed by atoms with Crippen molar-refractivity contribution in [2.75, 3.05) is 0 Å². The smallest absolute Gasteiger partial charge is 0.152 e. The zero-order valence-electron chi connectivity index (χ0n) is 14.9. The van der Waals surface area contributed by atoms with Crippen LogP contribution in [0.3, 0.4) is 0 Å². The van der Waals surface area contributed by atoms with Gasteiger partial charge in [0.05, 0.1) is 5.52 Å². The van der Waals surface area contributed by atoms with Crippen LogP contribution in [0.1, 0.15) is 24.1 Å². The number of aliphatic hydroxyl groups is 1. The summed E-state index contributed by atoms with van der Waals surface area (Å²) in [6.45, 7) is 1.77. The molecule has 1 atom stereocenters. The molecular weight excluding hydrogens is 334 g/mol. The van der Waals surface area contributed by atoms with Crippen molar-refractivity contribution in [2.24, 2.45) is 0 Å². The van der Waals surface area contributed by atoms with Crippen molar-refractivity contribution in [1.29, 1.82) is 0 Å². The second-order valence-corrected chi connectivity index (χ2v) is 6.32. The largest absolute Gasteiger partial charge is 0.377 e. The Kier molecular flexibility index (Phi) is 4.45. The molecule has 0 aliphatic carbocycles. The van der Waals surface area contributed by atoms with E-state index in [1.807, 2.05) is 84.9 Å². The lowest BCUT2D eigenvalue weighted by Crippen LogP contribution is -2.38. The van der Waals surface area contributed by atoms with E-state index in [2.05, 4.69) is 22.2 Å². The van der Waals surface area contributed by atoms with Crippen LogP contribution in [0.15, 0.2) is 84.9 Å². The predicted octanol–water partition coefficient (Wildman–Crippen LogP) is 3.93. The minimum Gasteiger partial charge on any atom is -0.377 e. The fraction of sp³-hybridized carbons (Fsp3) is 0.130. The average molecular weight is 353 g/mol. The van der Waals surface area contributed by atoms with Crippen LogP contribution in [0.4, 0.5) is 0 Å². The molecule has 0 saturated carbocycles. The molecule has 0 spiro atoms. The minimum absolute atomic E-state index is 0.639. The Hall–Kier alpha value is -3.42. The summed E-state index contributed by atoms with van der Waals surface area (Å²) < 4.78 is 1.71. The van der Waals surface area contributed by atoms with E-state index in [-0.39, 0.29) is 0 Å². The van der Waals surface area contributed by atoms with Crippen LogP contribution in [0, 0.1) is 11.8 Å². The van der Waals surface area contributed by atoms with Crippen LogP contribution < -0.4 is 0 Å². The van der Waals surface area contributed by atoms with E-state index in [9.17, 15) is 5.11 Å². The van der Waals surface area contributed by atoms with Crippen LogP contribution in [-0.4, -0.2) is 20.1 Å². The van der Waals surface area contributed by atoms with Crippen LogP contribution in [-0.2, 0) is 5.60 Å². The summed E-state index contributed by atoms with van der Waals surface area (Å²) in [6.07, 6.45) is 0. The van der Waals surface area contributed by atoms with Gasteiger partial charge in [0.15, 0.2) is 6.04 Å². The van der Waals surface area contributed by atoms with E-state index >= 15 is 0 Å². The summed E-state index contributed by atoms with van der Waals surface area (Å²) in [6, 6.07) is 26.2. The minimum atomic E-state index is -1.39. The maximum absolute atomic E-state index is 12.1. The van der Waals surface area contributed by atoms with Crippen LogP contribution in [0.5, 0.6) is 0 Å². The van der Waals surface area contributed by atoms with Crippen molar-refractivity contribution in [3.8, 4) is 11.8 Å². The van der Waals surface area contributed by atoms with Gasteiger partial charge < -0.3 is 5.11 Å². The highest BCUT2D eigenvalue weighted by Crippen LogP contribution is 2.40. The van der Waals surface area contributed by atoms with Crippen molar-refractivity contribution in [2.45, 2.75) is 18.6 Å². The first-order valence-corrected chi connectivity index (χ1v) is 8.81. The average Bonchev–Trinajstić information content (AvgIpc) is 3.16.